The van der Waals surface area contributed by atoms with E-state index in [1.54, 1.807) is 13.8 Å². The van der Waals surface area contributed by atoms with E-state index in [-0.39, 0.29) is 0 Å². The van der Waals surface area contributed by atoms with Crippen molar-refractivity contribution < 1.29 is 51.7 Å². The summed E-state index contributed by atoms with van der Waals surface area (Å²) in [5, 5.41) is 0. The van der Waals surface area contributed by atoms with Gasteiger partial charge in [0.05, 0.1) is 0 Å². The van der Waals surface area contributed by atoms with Gasteiger partial charge in [-0.2, -0.15) is 17.6 Å². The molecule has 0 aliphatic carbocycles. The third-order valence-electron chi connectivity index (χ3n) is 1.35. The van der Waals surface area contributed by atoms with Gasteiger partial charge in [-0.05, 0) is 12.1 Å². The van der Waals surface area contributed by atoms with Crippen molar-refractivity contribution in [2.24, 2.45) is 0 Å². The van der Waals surface area contributed by atoms with Crippen LogP contribution < -0.4 is 21.2 Å². The van der Waals surface area contributed by atoms with Crippen molar-refractivity contribution in [2.75, 3.05) is 0 Å². The molecule has 0 aromatic heterocycles. The lowest BCUT2D eigenvalue weighted by Gasteiger charge is -2.08. The van der Waals surface area contributed by atoms with E-state index in [0.29, 0.717) is 0 Å². The Bertz CT molecular complexity index is 480. The number of benzene rings is 1. The zero-order valence-corrected chi connectivity index (χ0v) is 12.9. The Morgan fingerprint density at radius 3 is 1.68 bits per heavy atom. The summed E-state index contributed by atoms with van der Waals surface area (Å²) >= 11 is -0.483. The van der Waals surface area contributed by atoms with Gasteiger partial charge < -0.3 is 4.55 Å². The lowest BCUT2D eigenvalue weighted by atomic mass is 10.4. The summed E-state index contributed by atoms with van der Waals surface area (Å²) < 4.78 is 72.2. The molecular weight excluding hydrogens is 403 g/mol. The number of hydrogen-bond acceptors (Lipinski definition) is 3. The minimum absolute atomic E-state index is 0.483. The summed E-state index contributed by atoms with van der Waals surface area (Å²) in [4.78, 5) is 0. The van der Waals surface area contributed by atoms with Crippen LogP contribution in [0.3, 0.4) is 0 Å². The van der Waals surface area contributed by atoms with Crippen LogP contribution in [0.25, 0.3) is 0 Å². The van der Waals surface area contributed by atoms with E-state index in [1.165, 1.54) is 3.57 Å². The first-order chi connectivity index (χ1) is 8.33. The van der Waals surface area contributed by atoms with E-state index >= 15 is 0 Å². The van der Waals surface area contributed by atoms with Crippen molar-refractivity contribution in [3.05, 3.63) is 33.9 Å². The largest absolute Gasteiger partial charge is 0.741 e. The first kappa shape index (κ1) is 18.6. The van der Waals surface area contributed by atoms with Gasteiger partial charge >= 0.3 is 26.7 Å². The Morgan fingerprint density at radius 1 is 1.05 bits per heavy atom. The molecule has 0 saturated heterocycles. The molecule has 0 unspecified atom stereocenters. The molecule has 1 aromatic rings. The molecule has 0 bridgehead atoms. The predicted molar refractivity (Wildman–Crippen MR) is 56.1 cm³/mol. The smallest absolute Gasteiger partial charge is 0.485 e. The number of halogens is 5. The summed E-state index contributed by atoms with van der Waals surface area (Å²) in [6.45, 7) is 3.29. The van der Waals surface area contributed by atoms with Crippen LogP contribution in [0.1, 0.15) is 13.8 Å². The molecule has 19 heavy (non-hydrogen) atoms. The van der Waals surface area contributed by atoms with Gasteiger partial charge in [0.1, 0.15) is 0 Å². The standard InChI is InChI=1S/C9H11FI.CHF3O3S/c1-9(2,10)11-8-6-4-3-5-7-8;2-1(3,4)8(5,6)7/h3-7H,1-2H3;(H,5,6,7)/q+1;/p-1. The molecule has 0 fully saturated rings. The van der Waals surface area contributed by atoms with E-state index in [4.69, 9.17) is 13.0 Å². The van der Waals surface area contributed by atoms with Crippen LogP contribution in [0.15, 0.2) is 30.3 Å². The molecule has 0 aliphatic rings. The third-order valence-corrected chi connectivity index (χ3v) is 4.54. The first-order valence-corrected chi connectivity index (χ1v) is 8.31. The molecule has 3 nitrogen and oxygen atoms in total. The Kier molecular flexibility index (Phi) is 6.69. The predicted octanol–water partition coefficient (Wildman–Crippen LogP) is -0.298. The van der Waals surface area contributed by atoms with Gasteiger partial charge in [-0.25, -0.2) is 8.42 Å². The number of alkyl halides is 5. The highest BCUT2D eigenvalue weighted by molar-refractivity contribution is 7.86. The summed E-state index contributed by atoms with van der Waals surface area (Å²) in [6.07, 6.45) is 0. The molecule has 1 aromatic carbocycles. The molecule has 0 saturated carbocycles. The minimum Gasteiger partial charge on any atom is -0.741 e. The lowest BCUT2D eigenvalue weighted by Crippen LogP contribution is -3.67. The summed E-state index contributed by atoms with van der Waals surface area (Å²) in [7, 11) is -6.09. The molecule has 0 amide bonds. The summed E-state index contributed by atoms with van der Waals surface area (Å²) in [5.41, 5.74) is -5.65. The zero-order chi connectivity index (χ0) is 15.3. The maximum Gasteiger partial charge on any atom is 0.485 e. The van der Waals surface area contributed by atoms with Crippen LogP contribution in [0, 0.1) is 3.57 Å². The van der Waals surface area contributed by atoms with Crippen molar-refractivity contribution in [2.45, 2.75) is 23.0 Å². The van der Waals surface area contributed by atoms with Crippen molar-refractivity contribution in [1.29, 1.82) is 0 Å². The van der Waals surface area contributed by atoms with Crippen LogP contribution in [-0.4, -0.2) is 22.2 Å². The highest BCUT2D eigenvalue weighted by atomic mass is 127. The fourth-order valence-corrected chi connectivity index (χ4v) is 2.99. The maximum atomic E-state index is 13.1. The topological polar surface area (TPSA) is 57.2 Å². The van der Waals surface area contributed by atoms with E-state index < -0.39 is 40.5 Å². The molecule has 1 rings (SSSR count). The minimum atomic E-state index is -6.09. The van der Waals surface area contributed by atoms with Gasteiger partial charge in [0, 0.05) is 13.8 Å². The third kappa shape index (κ3) is 9.16. The van der Waals surface area contributed by atoms with E-state index in [2.05, 4.69) is 0 Å². The van der Waals surface area contributed by atoms with Gasteiger partial charge in [0.2, 0.25) is 0 Å². The second kappa shape index (κ2) is 6.84. The fourth-order valence-electron chi connectivity index (χ4n) is 0.737. The normalized spacial score (nSPS) is 12.6. The van der Waals surface area contributed by atoms with Crippen molar-refractivity contribution in [3.63, 3.8) is 0 Å². The first-order valence-electron chi connectivity index (χ1n) is 4.75. The van der Waals surface area contributed by atoms with E-state index in [9.17, 15) is 17.6 Å². The highest BCUT2D eigenvalue weighted by Gasteiger charge is 2.37. The quantitative estimate of drug-likeness (QED) is 0.220. The molecular formula is C10H11F4IO3S. The van der Waals surface area contributed by atoms with Crippen LogP contribution in [-0.2, 0) is 10.1 Å². The summed E-state index contributed by atoms with van der Waals surface area (Å²) in [5.74, 6) is 0. The van der Waals surface area contributed by atoms with Crippen LogP contribution in [0.2, 0.25) is 0 Å². The Morgan fingerprint density at radius 2 is 1.42 bits per heavy atom. The monoisotopic (exact) mass is 414 g/mol. The average Bonchev–Trinajstić information content (AvgIpc) is 2.14. The Balaban J connectivity index is 0.000000362. The lowest BCUT2D eigenvalue weighted by molar-refractivity contribution is -0.723. The van der Waals surface area contributed by atoms with Crippen molar-refractivity contribution in [3.8, 4) is 0 Å². The van der Waals surface area contributed by atoms with Gasteiger partial charge in [-0.1, -0.05) is 18.2 Å². The Hall–Kier alpha value is -0.420. The molecule has 0 spiro atoms. The van der Waals surface area contributed by atoms with E-state index in [0.717, 1.165) is 0 Å². The molecule has 0 N–H and O–H groups in total. The van der Waals surface area contributed by atoms with Crippen molar-refractivity contribution in [1.82, 2.24) is 0 Å². The van der Waals surface area contributed by atoms with Crippen LogP contribution >= 0.6 is 0 Å². The SMILES string of the molecule is CC(C)(F)[I+]c1ccccc1.O=S(=O)([O-])C(F)(F)F. The average molecular weight is 414 g/mol. The molecule has 9 heteroatoms. The zero-order valence-electron chi connectivity index (χ0n) is 9.91. The second-order valence-electron chi connectivity index (χ2n) is 3.62. The Labute approximate surface area is 119 Å². The molecule has 0 heterocycles. The van der Waals surface area contributed by atoms with Gasteiger partial charge in [0.15, 0.2) is 13.7 Å². The number of hydrogen-bond donors (Lipinski definition) is 0. The number of rotatable bonds is 2. The van der Waals surface area contributed by atoms with Crippen LogP contribution in [0.4, 0.5) is 17.6 Å². The molecule has 0 aliphatic heterocycles. The molecule has 110 valence electrons. The highest BCUT2D eigenvalue weighted by Crippen LogP contribution is 2.20. The fraction of sp³-hybridized carbons (Fsp3) is 0.400. The second-order valence-corrected chi connectivity index (χ2v) is 9.34. The van der Waals surface area contributed by atoms with Crippen molar-refractivity contribution >= 4 is 10.1 Å². The van der Waals surface area contributed by atoms with E-state index in [1.807, 2.05) is 30.3 Å². The van der Waals surface area contributed by atoms with Crippen LogP contribution in [0.5, 0.6) is 0 Å². The summed E-state index contributed by atoms with van der Waals surface area (Å²) in [6, 6.07) is 9.86. The van der Waals surface area contributed by atoms with Gasteiger partial charge in [0.25, 0.3) is 3.68 Å². The molecule has 0 radical (unpaired) electrons. The van der Waals surface area contributed by atoms with Gasteiger partial charge in [-0.3, -0.25) is 0 Å². The maximum absolute atomic E-state index is 13.1. The molecule has 0 atom stereocenters. The van der Waals surface area contributed by atoms with Gasteiger partial charge in [-0.15, -0.1) is 0 Å².